The molecule has 2 saturated heterocycles. The zero-order valence-corrected chi connectivity index (χ0v) is 26.0. The van der Waals surface area contributed by atoms with Gasteiger partial charge >= 0.3 is 5.97 Å². The van der Waals surface area contributed by atoms with E-state index >= 15 is 4.39 Å². The first-order chi connectivity index (χ1) is 22.7. The molecule has 12 heteroatoms. The number of nitriles is 1. The molecule has 0 atom stereocenters. The Kier molecular flexibility index (Phi) is 6.79. The van der Waals surface area contributed by atoms with E-state index in [2.05, 4.69) is 20.5 Å². The van der Waals surface area contributed by atoms with E-state index in [1.807, 2.05) is 18.2 Å². The number of halogens is 2. The highest BCUT2D eigenvalue weighted by Crippen LogP contribution is 2.52. The second-order valence-corrected chi connectivity index (χ2v) is 13.8. The Bertz CT molecular complexity index is 1950. The summed E-state index contributed by atoms with van der Waals surface area (Å²) >= 11 is 0. The number of pyridine rings is 1. The van der Waals surface area contributed by atoms with Gasteiger partial charge < -0.3 is 28.9 Å². The number of aromatic nitrogens is 3. The fourth-order valence-corrected chi connectivity index (χ4v) is 7.19. The number of carboxylic acid groups (broad SMARTS) is 1. The lowest BCUT2D eigenvalue weighted by Crippen LogP contribution is -2.73. The number of aromatic carboxylic acids is 1. The number of benzene rings is 2. The van der Waals surface area contributed by atoms with Gasteiger partial charge in [-0.15, -0.1) is 0 Å². The summed E-state index contributed by atoms with van der Waals surface area (Å²) in [7, 11) is 1.59. The van der Waals surface area contributed by atoms with Gasteiger partial charge in [-0.25, -0.2) is 18.6 Å². The summed E-state index contributed by atoms with van der Waals surface area (Å²) < 4.78 is 43.1. The van der Waals surface area contributed by atoms with Crippen LogP contribution in [-0.4, -0.2) is 58.9 Å². The smallest absolute Gasteiger partial charge is 0.335 e. The van der Waals surface area contributed by atoms with E-state index in [1.165, 1.54) is 18.4 Å². The van der Waals surface area contributed by atoms with Crippen molar-refractivity contribution in [3.05, 3.63) is 70.8 Å². The number of fused-ring (bicyclic) bond motifs is 1. The molecule has 47 heavy (non-hydrogen) atoms. The van der Waals surface area contributed by atoms with Crippen LogP contribution in [-0.2, 0) is 13.2 Å². The molecular formula is C35H34F2N6O4. The van der Waals surface area contributed by atoms with Crippen molar-refractivity contribution in [3.8, 4) is 17.7 Å². The SMILES string of the molecule is COc1cc(C2CC2)ccc1COc1nc(N2CC3(C2)CN(c2nc4ccc(C(=O)O)cc4n2CC2(CC#N)CC2)C3)c(F)cc1F. The van der Waals surface area contributed by atoms with Gasteiger partial charge in [-0.2, -0.15) is 10.2 Å². The second kappa shape index (κ2) is 10.8. The minimum atomic E-state index is -1.01. The lowest BCUT2D eigenvalue weighted by atomic mass is 9.73. The zero-order valence-electron chi connectivity index (χ0n) is 26.0. The predicted octanol–water partition coefficient (Wildman–Crippen LogP) is 5.89. The molecule has 8 rings (SSSR count). The summed E-state index contributed by atoms with van der Waals surface area (Å²) in [4.78, 5) is 24.8. The van der Waals surface area contributed by atoms with Gasteiger partial charge in [0.15, 0.2) is 17.5 Å². The molecule has 242 valence electrons. The molecule has 10 nitrogen and oxygen atoms in total. The number of ether oxygens (including phenoxy) is 2. The molecule has 1 N–H and O–H groups in total. The Morgan fingerprint density at radius 3 is 2.49 bits per heavy atom. The topological polar surface area (TPSA) is 117 Å². The monoisotopic (exact) mass is 640 g/mol. The molecule has 0 bridgehead atoms. The van der Waals surface area contributed by atoms with Crippen molar-refractivity contribution in [2.45, 2.75) is 51.2 Å². The molecule has 2 saturated carbocycles. The first-order valence-electron chi connectivity index (χ1n) is 15.9. The number of imidazole rings is 1. The highest BCUT2D eigenvalue weighted by atomic mass is 19.1. The number of carboxylic acids is 1. The van der Waals surface area contributed by atoms with Crippen LogP contribution in [0.2, 0.25) is 0 Å². The summed E-state index contributed by atoms with van der Waals surface area (Å²) in [6.07, 6.45) is 4.66. The summed E-state index contributed by atoms with van der Waals surface area (Å²) in [5.41, 5.74) is 3.37. The molecular weight excluding hydrogens is 606 g/mol. The van der Waals surface area contributed by atoms with Crippen molar-refractivity contribution < 1.29 is 28.2 Å². The Morgan fingerprint density at radius 1 is 1.04 bits per heavy atom. The zero-order chi connectivity index (χ0) is 32.5. The molecule has 0 radical (unpaired) electrons. The van der Waals surface area contributed by atoms with Crippen molar-refractivity contribution in [1.29, 1.82) is 5.26 Å². The van der Waals surface area contributed by atoms with Crippen LogP contribution in [0.15, 0.2) is 42.5 Å². The average molecular weight is 641 g/mol. The summed E-state index contributed by atoms with van der Waals surface area (Å²) in [5.74, 6) is -0.820. The number of anilines is 2. The predicted molar refractivity (Wildman–Crippen MR) is 169 cm³/mol. The molecule has 1 spiro atoms. The lowest BCUT2D eigenvalue weighted by molar-refractivity contribution is 0.0697. The Labute approximate surface area is 270 Å². The maximum absolute atomic E-state index is 15.0. The molecule has 4 heterocycles. The Balaban J connectivity index is 0.968. The van der Waals surface area contributed by atoms with Gasteiger partial charge in [0.2, 0.25) is 5.95 Å². The molecule has 2 aromatic heterocycles. The highest BCUT2D eigenvalue weighted by molar-refractivity contribution is 5.93. The molecule has 2 aliphatic heterocycles. The van der Waals surface area contributed by atoms with Gasteiger partial charge in [0, 0.05) is 61.6 Å². The number of methoxy groups -OCH3 is 1. The largest absolute Gasteiger partial charge is 0.496 e. The van der Waals surface area contributed by atoms with Gasteiger partial charge in [0.05, 0.1) is 29.8 Å². The Morgan fingerprint density at radius 2 is 1.81 bits per heavy atom. The van der Waals surface area contributed by atoms with Crippen LogP contribution in [0.25, 0.3) is 11.0 Å². The maximum Gasteiger partial charge on any atom is 0.335 e. The molecule has 4 aliphatic rings. The minimum absolute atomic E-state index is 0.0343. The highest BCUT2D eigenvalue weighted by Gasteiger charge is 2.54. The number of hydrogen-bond donors (Lipinski definition) is 1. The van der Waals surface area contributed by atoms with Crippen molar-refractivity contribution in [3.63, 3.8) is 0 Å². The van der Waals surface area contributed by atoms with E-state index in [9.17, 15) is 19.6 Å². The summed E-state index contributed by atoms with van der Waals surface area (Å²) in [6.45, 7) is 3.05. The number of carbonyl (C=O) groups is 1. The fourth-order valence-electron chi connectivity index (χ4n) is 7.19. The first-order valence-corrected chi connectivity index (χ1v) is 15.9. The van der Waals surface area contributed by atoms with Crippen LogP contribution in [0.4, 0.5) is 20.5 Å². The molecule has 0 amide bonds. The van der Waals surface area contributed by atoms with Crippen LogP contribution in [0.1, 0.15) is 59.5 Å². The van der Waals surface area contributed by atoms with Gasteiger partial charge in [-0.05, 0) is 61.4 Å². The van der Waals surface area contributed by atoms with Crippen LogP contribution in [0.3, 0.4) is 0 Å². The normalized spacial score (nSPS) is 18.9. The summed E-state index contributed by atoms with van der Waals surface area (Å²) in [6, 6.07) is 14.0. The van der Waals surface area contributed by atoms with E-state index in [0.717, 1.165) is 35.9 Å². The molecule has 4 aromatic rings. The van der Waals surface area contributed by atoms with E-state index in [1.54, 1.807) is 30.2 Å². The van der Waals surface area contributed by atoms with Crippen LogP contribution < -0.4 is 19.3 Å². The van der Waals surface area contributed by atoms with E-state index in [4.69, 9.17) is 14.5 Å². The fraction of sp³-hybridized carbons (Fsp3) is 0.429. The number of hydrogen-bond acceptors (Lipinski definition) is 8. The minimum Gasteiger partial charge on any atom is -0.496 e. The van der Waals surface area contributed by atoms with E-state index < -0.39 is 17.6 Å². The average Bonchev–Trinajstić information content (AvgIpc) is 3.95. The van der Waals surface area contributed by atoms with Gasteiger partial charge in [-0.3, -0.25) is 0 Å². The lowest BCUT2D eigenvalue weighted by Gasteiger charge is -2.60. The quantitative estimate of drug-likeness (QED) is 0.214. The van der Waals surface area contributed by atoms with Crippen molar-refractivity contribution >= 4 is 28.8 Å². The van der Waals surface area contributed by atoms with Crippen molar-refractivity contribution in [2.75, 3.05) is 43.1 Å². The third-order valence-corrected chi connectivity index (χ3v) is 10.2. The van der Waals surface area contributed by atoms with Gasteiger partial charge in [-0.1, -0.05) is 12.1 Å². The molecule has 2 aliphatic carbocycles. The molecule has 2 aromatic carbocycles. The maximum atomic E-state index is 15.0. The number of rotatable bonds is 11. The molecule has 0 unspecified atom stereocenters. The second-order valence-electron chi connectivity index (χ2n) is 13.8. The van der Waals surface area contributed by atoms with E-state index in [0.29, 0.717) is 56.3 Å². The van der Waals surface area contributed by atoms with Crippen LogP contribution >= 0.6 is 0 Å². The standard InChI is InChI=1S/C35H34F2N6O4/c1-46-29-13-22(21-2-3-21)4-5-24(29)15-47-31-26(37)14-25(36)30(40-31)41-16-35(17-41)18-42(19-35)33-39-27-7-6-23(32(44)45)12-28(27)43(33)20-34(8-9-34)10-11-38/h4-7,12-14,21H,2-3,8-10,15-20H2,1H3,(H,44,45). The van der Waals surface area contributed by atoms with Crippen molar-refractivity contribution in [2.24, 2.45) is 10.8 Å². The third-order valence-electron chi connectivity index (χ3n) is 10.2. The third kappa shape index (κ3) is 5.27. The molecule has 4 fully saturated rings. The van der Waals surface area contributed by atoms with E-state index in [-0.39, 0.29) is 34.7 Å². The van der Waals surface area contributed by atoms with Gasteiger partial charge in [0.25, 0.3) is 5.88 Å². The van der Waals surface area contributed by atoms with Crippen molar-refractivity contribution in [1.82, 2.24) is 14.5 Å². The number of nitrogens with zero attached hydrogens (tertiary/aromatic N) is 6. The Hall–Kier alpha value is -4.92. The van der Waals surface area contributed by atoms with Crippen LogP contribution in [0.5, 0.6) is 11.6 Å². The first kappa shape index (κ1) is 29.5. The van der Waals surface area contributed by atoms with Gasteiger partial charge in [0.1, 0.15) is 12.4 Å². The summed E-state index contributed by atoms with van der Waals surface area (Å²) in [5, 5.41) is 19.0. The van der Waals surface area contributed by atoms with Crippen LogP contribution in [0, 0.1) is 33.8 Å².